The van der Waals surface area contributed by atoms with Crippen molar-refractivity contribution in [3.63, 3.8) is 0 Å². The lowest BCUT2D eigenvalue weighted by Crippen LogP contribution is -2.39. The molecule has 1 saturated carbocycles. The van der Waals surface area contributed by atoms with Gasteiger partial charge >= 0.3 is 11.4 Å². The number of ether oxygens (including phenoxy) is 1. The number of pyridine rings is 1. The van der Waals surface area contributed by atoms with E-state index in [1.54, 1.807) is 60.7 Å². The maximum absolute atomic E-state index is 16.1. The number of hydrogen-bond acceptors (Lipinski definition) is 8. The summed E-state index contributed by atoms with van der Waals surface area (Å²) in [5, 5.41) is 13.7. The minimum atomic E-state index is -0.592. The Kier molecular flexibility index (Phi) is 9.78. The molecule has 17 heteroatoms. The number of amides is 1. The van der Waals surface area contributed by atoms with Gasteiger partial charge in [0.15, 0.2) is 11.6 Å². The van der Waals surface area contributed by atoms with Gasteiger partial charge in [0, 0.05) is 67.9 Å². The van der Waals surface area contributed by atoms with Crippen LogP contribution in [0.15, 0.2) is 81.5 Å². The Hall–Kier alpha value is -6.88. The Morgan fingerprint density at radius 2 is 1.72 bits per heavy atom. The van der Waals surface area contributed by atoms with Crippen LogP contribution in [0.25, 0.3) is 33.6 Å². The van der Waals surface area contributed by atoms with E-state index in [0.717, 1.165) is 30.3 Å². The predicted octanol–water partition coefficient (Wildman–Crippen LogP) is 7.87. The molecule has 6 aromatic heterocycles. The molecule has 1 amide bonds. The largest absolute Gasteiger partial charge is 0.438 e. The van der Waals surface area contributed by atoms with Gasteiger partial charge in [-0.2, -0.15) is 10.2 Å². The summed E-state index contributed by atoms with van der Waals surface area (Å²) in [4.78, 5) is 46.9. The Morgan fingerprint density at radius 1 is 0.970 bits per heavy atom. The average molecular weight is 911 g/mol. The lowest BCUT2D eigenvalue weighted by atomic mass is 9.84. The molecule has 4 atom stereocenters. The molecule has 2 aromatic carbocycles. The second-order valence-corrected chi connectivity index (χ2v) is 19.6. The Labute approximate surface area is 383 Å². The van der Waals surface area contributed by atoms with E-state index < -0.39 is 28.7 Å². The third-order valence-corrected chi connectivity index (χ3v) is 15.0. The lowest BCUT2D eigenvalue weighted by molar-refractivity contribution is -0.0593. The van der Waals surface area contributed by atoms with Crippen LogP contribution in [0, 0.1) is 31.4 Å². The van der Waals surface area contributed by atoms with Crippen LogP contribution in [0.3, 0.4) is 0 Å². The van der Waals surface area contributed by atoms with Gasteiger partial charge in [-0.3, -0.25) is 28.1 Å². The highest BCUT2D eigenvalue weighted by molar-refractivity contribution is 5.98. The average Bonchev–Trinajstić information content (AvgIpc) is 3.93. The van der Waals surface area contributed by atoms with E-state index in [0.29, 0.717) is 83.2 Å². The number of halogens is 2. The fraction of sp³-hybridized carbons (Fsp3) is 0.400. The first-order valence-corrected chi connectivity index (χ1v) is 23.0. The summed E-state index contributed by atoms with van der Waals surface area (Å²) in [5.74, 6) is -0.262. The SMILES string of the molecule is Cc1cc(-n2nc3c(c2-n2ccn(-c4ccc5c(cnn5C)c4F)c2=O)[C@H](C)N(C(=O)c2cn4cc([C@H]5CCOC(C)(C)C5)ccc4c2CC[C@@]2(c4noc(=O)[nH]4)C[C@@H]2C)CC3)cc(C)c1F. The van der Waals surface area contributed by atoms with Crippen LogP contribution < -0.4 is 11.4 Å². The number of benzene rings is 2. The molecule has 1 aliphatic carbocycles. The highest BCUT2D eigenvalue weighted by Gasteiger charge is 2.55. The van der Waals surface area contributed by atoms with Crippen molar-refractivity contribution in [2.75, 3.05) is 13.2 Å². The van der Waals surface area contributed by atoms with Gasteiger partial charge in [0.1, 0.15) is 11.6 Å². The van der Waals surface area contributed by atoms with Gasteiger partial charge in [-0.1, -0.05) is 18.1 Å². The molecule has 0 bridgehead atoms. The number of aromatic amines is 1. The van der Waals surface area contributed by atoms with Crippen molar-refractivity contribution >= 4 is 22.3 Å². The number of carbonyl (C=O) groups is 1. The first-order chi connectivity index (χ1) is 32.0. The van der Waals surface area contributed by atoms with Crippen molar-refractivity contribution in [3.05, 3.63) is 145 Å². The molecule has 3 aliphatic rings. The first kappa shape index (κ1) is 42.7. The standard InChI is InChI=1S/C50H52F2N10O5/c1-27-20-33(21-28(2)42(27)51)62-44(61-18-17-60(48(61)65)40-11-10-38-35(43(40)52)24-53-57(38)7)41-30(4)59(16-13-37(41)55-62)45(63)36-26-58-25-32(31-14-19-66-49(5,6)23-31)8-9-39(58)34(36)12-15-50(22-29(50)3)46-54-47(64)67-56-46/h8-11,17-18,20-21,24-26,29-31H,12-16,19,22-23H2,1-7H3,(H,54,56,64)/t29-,30-,31-,50+/m0/s1. The summed E-state index contributed by atoms with van der Waals surface area (Å²) in [6.45, 7) is 12.7. The Balaban J connectivity index is 1.02. The van der Waals surface area contributed by atoms with Crippen molar-refractivity contribution in [2.24, 2.45) is 13.0 Å². The van der Waals surface area contributed by atoms with Crippen LogP contribution in [-0.4, -0.2) is 72.8 Å². The van der Waals surface area contributed by atoms with E-state index in [9.17, 15) is 9.59 Å². The minimum Gasteiger partial charge on any atom is -0.376 e. The second-order valence-electron chi connectivity index (χ2n) is 19.6. The summed E-state index contributed by atoms with van der Waals surface area (Å²) < 4.78 is 50.3. The fourth-order valence-electron chi connectivity index (χ4n) is 11.2. The van der Waals surface area contributed by atoms with Crippen LogP contribution in [0.4, 0.5) is 8.78 Å². The van der Waals surface area contributed by atoms with Gasteiger partial charge in [0.2, 0.25) is 0 Å². The number of rotatable bonds is 9. The van der Waals surface area contributed by atoms with Crippen LogP contribution in [0.5, 0.6) is 0 Å². The maximum Gasteiger partial charge on any atom is 0.438 e. The molecule has 2 aliphatic heterocycles. The Morgan fingerprint density at radius 3 is 2.43 bits per heavy atom. The third kappa shape index (κ3) is 6.82. The highest BCUT2D eigenvalue weighted by atomic mass is 19.1. The molecule has 1 saturated heterocycles. The molecule has 67 heavy (non-hydrogen) atoms. The lowest BCUT2D eigenvalue weighted by Gasteiger charge is -2.35. The summed E-state index contributed by atoms with van der Waals surface area (Å²) in [7, 11) is 1.72. The molecule has 1 N–H and O–H groups in total. The zero-order chi connectivity index (χ0) is 46.8. The van der Waals surface area contributed by atoms with Crippen LogP contribution in [0.2, 0.25) is 0 Å². The molecule has 2 fully saturated rings. The number of nitrogens with one attached hydrogen (secondary N) is 1. The quantitative estimate of drug-likeness (QED) is 0.154. The normalized spacial score (nSPS) is 21.4. The second kappa shape index (κ2) is 15.3. The van der Waals surface area contributed by atoms with Gasteiger partial charge in [0.05, 0.1) is 51.4 Å². The van der Waals surface area contributed by atoms with Gasteiger partial charge in [0.25, 0.3) is 5.91 Å². The first-order valence-electron chi connectivity index (χ1n) is 23.0. The fourth-order valence-corrected chi connectivity index (χ4v) is 11.2. The van der Waals surface area contributed by atoms with Gasteiger partial charge in [-0.05, 0) is 131 Å². The smallest absolute Gasteiger partial charge is 0.376 e. The van der Waals surface area contributed by atoms with Gasteiger partial charge in [-0.25, -0.2) is 23.1 Å². The molecule has 8 heterocycles. The number of imidazole rings is 1. The number of H-pyrrole nitrogens is 1. The molecular formula is C50H52F2N10O5. The number of hydrogen-bond donors (Lipinski definition) is 1. The third-order valence-electron chi connectivity index (χ3n) is 15.0. The summed E-state index contributed by atoms with van der Waals surface area (Å²) in [6, 6.07) is 10.3. The van der Waals surface area contributed by atoms with E-state index in [1.165, 1.54) is 27.1 Å². The van der Waals surface area contributed by atoms with Gasteiger partial charge < -0.3 is 14.0 Å². The molecule has 0 spiro atoms. The van der Waals surface area contributed by atoms with Crippen molar-refractivity contribution in [2.45, 2.75) is 103 Å². The molecule has 0 unspecified atom stereocenters. The van der Waals surface area contributed by atoms with E-state index in [-0.39, 0.29) is 40.2 Å². The minimum absolute atomic E-state index is 0.0526. The molecule has 346 valence electrons. The summed E-state index contributed by atoms with van der Waals surface area (Å²) in [5.41, 5.74) is 5.66. The van der Waals surface area contributed by atoms with Crippen molar-refractivity contribution < 1.29 is 22.8 Å². The molecule has 8 aromatic rings. The van der Waals surface area contributed by atoms with Crippen LogP contribution in [-0.2, 0) is 30.0 Å². The summed E-state index contributed by atoms with van der Waals surface area (Å²) in [6.07, 6.45) is 12.7. The summed E-state index contributed by atoms with van der Waals surface area (Å²) >= 11 is 0. The van der Waals surface area contributed by atoms with Crippen LogP contribution in [0.1, 0.15) is 115 Å². The van der Waals surface area contributed by atoms with E-state index in [1.807, 2.05) is 18.0 Å². The molecule has 0 radical (unpaired) electrons. The molecule has 15 nitrogen and oxygen atoms in total. The van der Waals surface area contributed by atoms with E-state index >= 15 is 13.6 Å². The zero-order valence-corrected chi connectivity index (χ0v) is 38.6. The maximum atomic E-state index is 16.1. The van der Waals surface area contributed by atoms with Gasteiger partial charge in [-0.15, -0.1) is 0 Å². The number of fused-ring (bicyclic) bond motifs is 3. The van der Waals surface area contributed by atoms with E-state index in [4.69, 9.17) is 14.4 Å². The number of carbonyl (C=O) groups excluding carboxylic acids is 1. The monoisotopic (exact) mass is 910 g/mol. The number of aromatic nitrogens is 9. The van der Waals surface area contributed by atoms with Crippen molar-refractivity contribution in [1.29, 1.82) is 0 Å². The zero-order valence-electron chi connectivity index (χ0n) is 38.6. The van der Waals surface area contributed by atoms with Crippen molar-refractivity contribution in [1.82, 2.24) is 48.1 Å². The van der Waals surface area contributed by atoms with Crippen LogP contribution >= 0.6 is 0 Å². The van der Waals surface area contributed by atoms with E-state index in [2.05, 4.69) is 58.7 Å². The Bertz CT molecular complexity index is 3410. The number of aryl methyl sites for hydroxylation is 4. The number of nitrogens with zero attached hydrogens (tertiary/aromatic N) is 9. The highest BCUT2D eigenvalue weighted by Crippen LogP contribution is 2.56. The molecule has 11 rings (SSSR count). The van der Waals surface area contributed by atoms with Crippen molar-refractivity contribution in [3.8, 4) is 17.2 Å². The predicted molar refractivity (Wildman–Crippen MR) is 246 cm³/mol. The topological polar surface area (TPSA) is 155 Å². The molecular weight excluding hydrogens is 859 g/mol.